The zero-order chi connectivity index (χ0) is 12.3. The number of halogens is 3. The Morgan fingerprint density at radius 3 is 2.71 bits per heavy atom. The van der Waals surface area contributed by atoms with E-state index in [-0.39, 0.29) is 5.82 Å². The van der Waals surface area contributed by atoms with Crippen molar-refractivity contribution >= 4 is 38.9 Å². The second-order valence-corrected chi connectivity index (χ2v) is 6.53. The predicted octanol–water partition coefficient (Wildman–Crippen LogP) is 4.59. The molecule has 0 amide bonds. The van der Waals surface area contributed by atoms with Crippen LogP contribution >= 0.6 is 38.9 Å². The predicted molar refractivity (Wildman–Crippen MR) is 74.0 cm³/mol. The molecule has 0 aliphatic carbocycles. The summed E-state index contributed by atoms with van der Waals surface area (Å²) in [7, 11) is 0. The summed E-state index contributed by atoms with van der Waals surface area (Å²) in [6.45, 7) is 1.23. The molecule has 17 heavy (non-hydrogen) atoms. The van der Waals surface area contributed by atoms with Crippen molar-refractivity contribution in [3.63, 3.8) is 0 Å². The van der Waals surface area contributed by atoms with Gasteiger partial charge in [0.15, 0.2) is 0 Å². The molecular formula is C12H10BrClFNS. The number of thiophene rings is 1. The molecule has 1 nitrogen and oxygen atoms in total. The van der Waals surface area contributed by atoms with Gasteiger partial charge in [0.1, 0.15) is 5.82 Å². The molecule has 0 aliphatic rings. The molecule has 0 radical (unpaired) electrons. The van der Waals surface area contributed by atoms with Crippen LogP contribution in [0.15, 0.2) is 34.1 Å². The molecule has 1 aromatic carbocycles. The first-order valence-electron chi connectivity index (χ1n) is 5.04. The molecule has 0 saturated carbocycles. The van der Waals surface area contributed by atoms with Gasteiger partial charge in [-0.25, -0.2) is 4.39 Å². The summed E-state index contributed by atoms with van der Waals surface area (Å²) in [5, 5.41) is 3.62. The second-order valence-electron chi connectivity index (χ2n) is 3.55. The first kappa shape index (κ1) is 13.0. The Kier molecular flexibility index (Phi) is 4.56. The standard InChI is InChI=1S/C12H10BrClFNS/c13-12-4-3-10(17-12)7-16-6-8-1-2-9(14)5-11(8)15/h1-5,16H,6-7H2. The first-order chi connectivity index (χ1) is 8.15. The van der Waals surface area contributed by atoms with Gasteiger partial charge < -0.3 is 5.32 Å². The molecule has 0 saturated heterocycles. The topological polar surface area (TPSA) is 12.0 Å². The van der Waals surface area contributed by atoms with Crippen LogP contribution in [-0.2, 0) is 13.1 Å². The van der Waals surface area contributed by atoms with Crippen LogP contribution < -0.4 is 5.32 Å². The van der Waals surface area contributed by atoms with Gasteiger partial charge in [-0.3, -0.25) is 0 Å². The highest BCUT2D eigenvalue weighted by atomic mass is 79.9. The van der Waals surface area contributed by atoms with Gasteiger partial charge in [0, 0.05) is 28.6 Å². The fourth-order valence-electron chi connectivity index (χ4n) is 1.43. The van der Waals surface area contributed by atoms with Crippen LogP contribution in [0.5, 0.6) is 0 Å². The molecule has 2 aromatic rings. The van der Waals surface area contributed by atoms with E-state index in [1.165, 1.54) is 10.9 Å². The Labute approximate surface area is 117 Å². The van der Waals surface area contributed by atoms with Gasteiger partial charge in [0.25, 0.3) is 0 Å². The highest BCUT2D eigenvalue weighted by Crippen LogP contribution is 2.22. The molecule has 5 heteroatoms. The molecule has 0 bridgehead atoms. The van der Waals surface area contributed by atoms with E-state index in [0.717, 1.165) is 10.3 Å². The molecule has 0 spiro atoms. The van der Waals surface area contributed by atoms with E-state index in [2.05, 4.69) is 21.2 Å². The monoisotopic (exact) mass is 333 g/mol. The van der Waals surface area contributed by atoms with E-state index in [1.54, 1.807) is 23.5 Å². The maximum absolute atomic E-state index is 13.5. The summed E-state index contributed by atoms with van der Waals surface area (Å²) in [5.74, 6) is -0.266. The Morgan fingerprint density at radius 1 is 1.24 bits per heavy atom. The molecule has 2 rings (SSSR count). The van der Waals surface area contributed by atoms with Crippen molar-refractivity contribution in [2.45, 2.75) is 13.1 Å². The average Bonchev–Trinajstić information content (AvgIpc) is 2.68. The third kappa shape index (κ3) is 3.78. The molecule has 1 heterocycles. The van der Waals surface area contributed by atoms with Crippen molar-refractivity contribution in [1.82, 2.24) is 5.32 Å². The van der Waals surface area contributed by atoms with E-state index in [1.807, 2.05) is 12.1 Å². The van der Waals surface area contributed by atoms with Gasteiger partial charge in [-0.1, -0.05) is 17.7 Å². The zero-order valence-corrected chi connectivity index (χ0v) is 12.0. The van der Waals surface area contributed by atoms with Gasteiger partial charge in [0.2, 0.25) is 0 Å². The highest BCUT2D eigenvalue weighted by molar-refractivity contribution is 9.11. The normalized spacial score (nSPS) is 10.8. The highest BCUT2D eigenvalue weighted by Gasteiger charge is 2.03. The Hall–Kier alpha value is -0.420. The third-order valence-corrected chi connectivity index (χ3v) is 4.12. The summed E-state index contributed by atoms with van der Waals surface area (Å²) in [6.07, 6.45) is 0. The fraction of sp³-hybridized carbons (Fsp3) is 0.167. The van der Waals surface area contributed by atoms with E-state index in [4.69, 9.17) is 11.6 Å². The Morgan fingerprint density at radius 2 is 2.06 bits per heavy atom. The van der Waals surface area contributed by atoms with E-state index in [0.29, 0.717) is 17.1 Å². The molecule has 0 atom stereocenters. The van der Waals surface area contributed by atoms with E-state index >= 15 is 0 Å². The Bertz CT molecular complexity index is 515. The molecule has 1 N–H and O–H groups in total. The van der Waals surface area contributed by atoms with Crippen molar-refractivity contribution in [3.8, 4) is 0 Å². The lowest BCUT2D eigenvalue weighted by atomic mass is 10.2. The van der Waals surface area contributed by atoms with Gasteiger partial charge in [-0.15, -0.1) is 11.3 Å². The summed E-state index contributed by atoms with van der Waals surface area (Å²) in [5.41, 5.74) is 0.630. The molecule has 0 fully saturated rings. The summed E-state index contributed by atoms with van der Waals surface area (Å²) >= 11 is 10.8. The van der Waals surface area contributed by atoms with Gasteiger partial charge >= 0.3 is 0 Å². The first-order valence-corrected chi connectivity index (χ1v) is 7.03. The van der Waals surface area contributed by atoms with Crippen molar-refractivity contribution in [3.05, 3.63) is 55.4 Å². The number of nitrogens with one attached hydrogen (secondary N) is 1. The van der Waals surface area contributed by atoms with E-state index in [9.17, 15) is 4.39 Å². The maximum atomic E-state index is 13.5. The van der Waals surface area contributed by atoms with Crippen LogP contribution in [-0.4, -0.2) is 0 Å². The van der Waals surface area contributed by atoms with Crippen LogP contribution in [0, 0.1) is 5.82 Å². The Balaban J connectivity index is 1.90. The van der Waals surface area contributed by atoms with Crippen LogP contribution in [0.3, 0.4) is 0 Å². The van der Waals surface area contributed by atoms with Crippen LogP contribution in [0.1, 0.15) is 10.4 Å². The minimum absolute atomic E-state index is 0.266. The largest absolute Gasteiger partial charge is 0.308 e. The SMILES string of the molecule is Fc1cc(Cl)ccc1CNCc1ccc(Br)s1. The molecule has 0 unspecified atom stereocenters. The smallest absolute Gasteiger partial charge is 0.129 e. The number of hydrogen-bond donors (Lipinski definition) is 1. The van der Waals surface area contributed by atoms with Crippen molar-refractivity contribution < 1.29 is 4.39 Å². The summed E-state index contributed by atoms with van der Waals surface area (Å²) in [6, 6.07) is 8.78. The average molecular weight is 335 g/mol. The van der Waals surface area contributed by atoms with Gasteiger partial charge in [0.05, 0.1) is 3.79 Å². The van der Waals surface area contributed by atoms with Crippen LogP contribution in [0.4, 0.5) is 4.39 Å². The molecule has 0 aliphatic heterocycles. The molecule has 1 aromatic heterocycles. The third-order valence-electron chi connectivity index (χ3n) is 2.26. The van der Waals surface area contributed by atoms with Crippen molar-refractivity contribution in [2.24, 2.45) is 0 Å². The fourth-order valence-corrected chi connectivity index (χ4v) is 3.04. The number of rotatable bonds is 4. The zero-order valence-electron chi connectivity index (χ0n) is 8.84. The van der Waals surface area contributed by atoms with Crippen LogP contribution in [0.2, 0.25) is 5.02 Å². The van der Waals surface area contributed by atoms with Crippen LogP contribution in [0.25, 0.3) is 0 Å². The van der Waals surface area contributed by atoms with Gasteiger partial charge in [-0.05, 0) is 40.2 Å². The molecular weight excluding hydrogens is 325 g/mol. The minimum atomic E-state index is -0.266. The lowest BCUT2D eigenvalue weighted by Crippen LogP contribution is -2.12. The lowest BCUT2D eigenvalue weighted by molar-refractivity contribution is 0.589. The van der Waals surface area contributed by atoms with Gasteiger partial charge in [-0.2, -0.15) is 0 Å². The number of benzene rings is 1. The van der Waals surface area contributed by atoms with E-state index < -0.39 is 0 Å². The maximum Gasteiger partial charge on any atom is 0.129 e. The summed E-state index contributed by atoms with van der Waals surface area (Å²) in [4.78, 5) is 1.21. The summed E-state index contributed by atoms with van der Waals surface area (Å²) < 4.78 is 14.6. The molecule has 90 valence electrons. The second kappa shape index (κ2) is 5.96. The quantitative estimate of drug-likeness (QED) is 0.862. The number of hydrogen-bond acceptors (Lipinski definition) is 2. The minimum Gasteiger partial charge on any atom is -0.308 e. The van der Waals surface area contributed by atoms with Crippen molar-refractivity contribution in [2.75, 3.05) is 0 Å². The van der Waals surface area contributed by atoms with Crippen molar-refractivity contribution in [1.29, 1.82) is 0 Å². The lowest BCUT2D eigenvalue weighted by Gasteiger charge is -2.05.